The molecule has 1 aliphatic carbocycles. The molecule has 2 fully saturated rings. The van der Waals surface area contributed by atoms with E-state index in [2.05, 4.69) is 42.2 Å². The molecule has 1 aromatic rings. The summed E-state index contributed by atoms with van der Waals surface area (Å²) in [5, 5.41) is 15.9. The predicted octanol–water partition coefficient (Wildman–Crippen LogP) is 1.81. The van der Waals surface area contributed by atoms with Gasteiger partial charge in [-0.1, -0.05) is 13.3 Å². The van der Waals surface area contributed by atoms with E-state index in [9.17, 15) is 0 Å². The standard InChI is InChI=1S/C19H33N7.HI/c1-14-12-25(15-7-8-15)13-16(14)22-19(20-2)21-10-9-18-24-23-17-6-4-3-5-11-26(17)18;/h14-16H,3-13H2,1-2H3,(H2,20,21,22);1H. The Morgan fingerprint density at radius 1 is 1.19 bits per heavy atom. The summed E-state index contributed by atoms with van der Waals surface area (Å²) in [4.78, 5) is 7.07. The van der Waals surface area contributed by atoms with Crippen LogP contribution in [0.3, 0.4) is 0 Å². The van der Waals surface area contributed by atoms with E-state index in [1.54, 1.807) is 0 Å². The highest BCUT2D eigenvalue weighted by molar-refractivity contribution is 14.0. The van der Waals surface area contributed by atoms with Crippen molar-refractivity contribution in [1.82, 2.24) is 30.3 Å². The van der Waals surface area contributed by atoms with E-state index in [0.29, 0.717) is 12.0 Å². The molecule has 2 aliphatic heterocycles. The largest absolute Gasteiger partial charge is 0.356 e. The number of hydrogen-bond donors (Lipinski definition) is 2. The van der Waals surface area contributed by atoms with Gasteiger partial charge in [-0.3, -0.25) is 9.89 Å². The Hall–Kier alpha value is -0.900. The van der Waals surface area contributed by atoms with Crippen molar-refractivity contribution in [1.29, 1.82) is 0 Å². The molecule has 0 radical (unpaired) electrons. The number of aryl methyl sites for hydroxylation is 1. The van der Waals surface area contributed by atoms with E-state index in [4.69, 9.17) is 0 Å². The molecule has 2 atom stereocenters. The third-order valence-electron chi connectivity index (χ3n) is 6.08. The van der Waals surface area contributed by atoms with Crippen LogP contribution in [0.1, 0.15) is 50.7 Å². The summed E-state index contributed by atoms with van der Waals surface area (Å²) in [7, 11) is 1.86. The van der Waals surface area contributed by atoms with Gasteiger partial charge in [-0.25, -0.2) is 0 Å². The Morgan fingerprint density at radius 2 is 2.04 bits per heavy atom. The van der Waals surface area contributed by atoms with Gasteiger partial charge in [0.05, 0.1) is 0 Å². The number of rotatable bonds is 5. The molecule has 3 heterocycles. The van der Waals surface area contributed by atoms with Crippen LogP contribution in [0.2, 0.25) is 0 Å². The van der Waals surface area contributed by atoms with Gasteiger partial charge in [-0.2, -0.15) is 0 Å². The molecule has 3 aliphatic rings. The van der Waals surface area contributed by atoms with Gasteiger partial charge in [0.15, 0.2) is 5.96 Å². The van der Waals surface area contributed by atoms with Crippen molar-refractivity contribution in [2.75, 3.05) is 26.7 Å². The van der Waals surface area contributed by atoms with Crippen molar-refractivity contribution in [2.45, 2.75) is 70.5 Å². The fourth-order valence-electron chi connectivity index (χ4n) is 4.32. The Balaban J connectivity index is 0.00000210. The third kappa shape index (κ3) is 5.13. The van der Waals surface area contributed by atoms with Crippen molar-refractivity contribution >= 4 is 29.9 Å². The molecule has 7 nitrogen and oxygen atoms in total. The SMILES string of the molecule is CN=C(NCCc1nnc2n1CCCCC2)NC1CN(C2CC2)CC1C.I. The van der Waals surface area contributed by atoms with Gasteiger partial charge in [0.25, 0.3) is 0 Å². The fraction of sp³-hybridized carbons (Fsp3) is 0.842. The highest BCUT2D eigenvalue weighted by atomic mass is 127. The van der Waals surface area contributed by atoms with Crippen LogP contribution in [0, 0.1) is 5.92 Å². The second kappa shape index (κ2) is 9.54. The van der Waals surface area contributed by atoms with Crippen molar-refractivity contribution < 1.29 is 0 Å². The van der Waals surface area contributed by atoms with Gasteiger partial charge >= 0.3 is 0 Å². The second-order valence-corrected chi connectivity index (χ2v) is 8.16. The monoisotopic (exact) mass is 487 g/mol. The molecule has 4 rings (SSSR count). The molecule has 2 N–H and O–H groups in total. The quantitative estimate of drug-likeness (QED) is 0.377. The molecule has 0 spiro atoms. The minimum absolute atomic E-state index is 0. The van der Waals surface area contributed by atoms with Crippen LogP contribution >= 0.6 is 24.0 Å². The topological polar surface area (TPSA) is 70.4 Å². The molecule has 2 unspecified atom stereocenters. The third-order valence-corrected chi connectivity index (χ3v) is 6.08. The first-order valence-electron chi connectivity index (χ1n) is 10.4. The van der Waals surface area contributed by atoms with E-state index in [0.717, 1.165) is 50.3 Å². The van der Waals surface area contributed by atoms with Gasteiger partial charge in [-0.05, 0) is 31.6 Å². The van der Waals surface area contributed by atoms with E-state index >= 15 is 0 Å². The lowest BCUT2D eigenvalue weighted by Gasteiger charge is -2.20. The van der Waals surface area contributed by atoms with E-state index in [-0.39, 0.29) is 24.0 Å². The lowest BCUT2D eigenvalue weighted by Crippen LogP contribution is -2.47. The number of nitrogens with one attached hydrogen (secondary N) is 2. The maximum atomic E-state index is 4.43. The second-order valence-electron chi connectivity index (χ2n) is 8.16. The number of halogens is 1. The molecular weight excluding hydrogens is 453 g/mol. The van der Waals surface area contributed by atoms with Crippen LogP contribution in [0.25, 0.3) is 0 Å². The molecule has 1 saturated heterocycles. The Labute approximate surface area is 179 Å². The minimum atomic E-state index is 0. The van der Waals surface area contributed by atoms with Gasteiger partial charge < -0.3 is 15.2 Å². The summed E-state index contributed by atoms with van der Waals surface area (Å²) in [5.41, 5.74) is 0. The maximum Gasteiger partial charge on any atom is 0.191 e. The zero-order chi connectivity index (χ0) is 17.9. The summed E-state index contributed by atoms with van der Waals surface area (Å²) in [6.45, 7) is 6.61. The van der Waals surface area contributed by atoms with E-state index in [1.807, 2.05) is 7.05 Å². The normalized spacial score (nSPS) is 26.2. The molecule has 1 aromatic heterocycles. The lowest BCUT2D eigenvalue weighted by atomic mass is 10.1. The maximum absolute atomic E-state index is 4.43. The smallest absolute Gasteiger partial charge is 0.191 e. The van der Waals surface area contributed by atoms with Crippen LogP contribution in [0.4, 0.5) is 0 Å². The number of nitrogens with zero attached hydrogens (tertiary/aromatic N) is 5. The molecule has 152 valence electrons. The zero-order valence-corrected chi connectivity index (χ0v) is 19.0. The molecule has 0 bridgehead atoms. The van der Waals surface area contributed by atoms with Crippen molar-refractivity contribution in [2.24, 2.45) is 10.9 Å². The molecule has 8 heteroatoms. The minimum Gasteiger partial charge on any atom is -0.356 e. The Bertz CT molecular complexity index is 640. The predicted molar refractivity (Wildman–Crippen MR) is 119 cm³/mol. The van der Waals surface area contributed by atoms with Gasteiger partial charge in [-0.15, -0.1) is 34.2 Å². The summed E-state index contributed by atoms with van der Waals surface area (Å²) >= 11 is 0. The first-order valence-corrected chi connectivity index (χ1v) is 10.4. The first kappa shape index (κ1) is 20.8. The van der Waals surface area contributed by atoms with E-state index in [1.165, 1.54) is 44.5 Å². The van der Waals surface area contributed by atoms with E-state index < -0.39 is 0 Å². The Morgan fingerprint density at radius 3 is 2.81 bits per heavy atom. The number of aromatic nitrogens is 3. The highest BCUT2D eigenvalue weighted by Crippen LogP contribution is 2.31. The van der Waals surface area contributed by atoms with Gasteiger partial charge in [0, 0.05) is 58.2 Å². The average molecular weight is 487 g/mol. The van der Waals surface area contributed by atoms with Gasteiger partial charge in [0.1, 0.15) is 11.6 Å². The summed E-state index contributed by atoms with van der Waals surface area (Å²) < 4.78 is 2.33. The van der Waals surface area contributed by atoms with Crippen LogP contribution in [-0.2, 0) is 19.4 Å². The molecule has 0 amide bonds. The van der Waals surface area contributed by atoms with Gasteiger partial charge in [0.2, 0.25) is 0 Å². The fourth-order valence-corrected chi connectivity index (χ4v) is 4.32. The van der Waals surface area contributed by atoms with Crippen molar-refractivity contribution in [3.8, 4) is 0 Å². The molecular formula is C19H34IN7. The Kier molecular flexibility index (Phi) is 7.35. The number of hydrogen-bond acceptors (Lipinski definition) is 4. The summed E-state index contributed by atoms with van der Waals surface area (Å²) in [6, 6.07) is 1.34. The summed E-state index contributed by atoms with van der Waals surface area (Å²) in [5.74, 6) is 3.86. The number of likely N-dealkylation sites (tertiary alicyclic amines) is 1. The number of fused-ring (bicyclic) bond motifs is 1. The molecule has 0 aromatic carbocycles. The average Bonchev–Trinajstić information content (AvgIpc) is 3.39. The molecule has 1 saturated carbocycles. The highest BCUT2D eigenvalue weighted by Gasteiger charge is 2.38. The summed E-state index contributed by atoms with van der Waals surface area (Å²) in [6.07, 6.45) is 8.51. The van der Waals surface area contributed by atoms with Crippen molar-refractivity contribution in [3.05, 3.63) is 11.6 Å². The van der Waals surface area contributed by atoms with Crippen molar-refractivity contribution in [3.63, 3.8) is 0 Å². The lowest BCUT2D eigenvalue weighted by molar-refractivity contribution is 0.315. The number of aliphatic imine (C=N–C) groups is 1. The first-order chi connectivity index (χ1) is 12.7. The van der Waals surface area contributed by atoms with Crippen LogP contribution in [-0.4, -0.2) is 64.4 Å². The van der Waals surface area contributed by atoms with Crippen LogP contribution in [0.15, 0.2) is 4.99 Å². The van der Waals surface area contributed by atoms with Crippen LogP contribution < -0.4 is 10.6 Å². The molecule has 27 heavy (non-hydrogen) atoms. The zero-order valence-electron chi connectivity index (χ0n) is 16.7. The number of guanidine groups is 1. The van der Waals surface area contributed by atoms with Crippen LogP contribution in [0.5, 0.6) is 0 Å².